The summed E-state index contributed by atoms with van der Waals surface area (Å²) in [6.07, 6.45) is 0.391. The van der Waals surface area contributed by atoms with E-state index in [0.29, 0.717) is 30.8 Å². The predicted molar refractivity (Wildman–Crippen MR) is 111 cm³/mol. The van der Waals surface area contributed by atoms with E-state index in [4.69, 9.17) is 4.74 Å². The van der Waals surface area contributed by atoms with Crippen molar-refractivity contribution in [3.63, 3.8) is 0 Å². The lowest BCUT2D eigenvalue weighted by Crippen LogP contribution is -2.47. The summed E-state index contributed by atoms with van der Waals surface area (Å²) in [6, 6.07) is 17.3. The van der Waals surface area contributed by atoms with E-state index in [-0.39, 0.29) is 5.91 Å². The number of benzene rings is 2. The first-order chi connectivity index (χ1) is 13.7. The zero-order chi connectivity index (χ0) is 19.8. The van der Waals surface area contributed by atoms with E-state index < -0.39 is 5.97 Å². The molecular formula is C22H27N3O3. The molecule has 2 aromatic rings. The smallest absolute Gasteiger partial charge is 0.340 e. The Kier molecular flexibility index (Phi) is 7.03. The van der Waals surface area contributed by atoms with Gasteiger partial charge in [0.2, 0.25) is 5.91 Å². The average Bonchev–Trinajstić information content (AvgIpc) is 2.74. The number of nitrogens with zero attached hydrogens (tertiary/aromatic N) is 2. The van der Waals surface area contributed by atoms with Gasteiger partial charge < -0.3 is 15.0 Å². The third kappa shape index (κ3) is 5.33. The van der Waals surface area contributed by atoms with E-state index in [0.717, 1.165) is 26.2 Å². The van der Waals surface area contributed by atoms with Gasteiger partial charge in [0.1, 0.15) is 0 Å². The first kappa shape index (κ1) is 19.9. The molecule has 0 aromatic heterocycles. The number of hydrogen-bond donors (Lipinski definition) is 1. The number of anilines is 2. The van der Waals surface area contributed by atoms with Gasteiger partial charge in [0.15, 0.2) is 0 Å². The SMILES string of the molecule is CCOC(=O)c1ccccc1NC(=O)CCN1CCN(c2ccccc2)CC1. The second-order valence-electron chi connectivity index (χ2n) is 6.73. The molecule has 1 saturated heterocycles. The largest absolute Gasteiger partial charge is 0.462 e. The van der Waals surface area contributed by atoms with Crippen LogP contribution in [0.25, 0.3) is 0 Å². The van der Waals surface area contributed by atoms with Gasteiger partial charge in [-0.1, -0.05) is 30.3 Å². The molecule has 1 N–H and O–H groups in total. The minimum Gasteiger partial charge on any atom is -0.462 e. The maximum atomic E-state index is 12.4. The summed E-state index contributed by atoms with van der Waals surface area (Å²) in [7, 11) is 0. The fourth-order valence-corrected chi connectivity index (χ4v) is 3.32. The van der Waals surface area contributed by atoms with Crippen LogP contribution in [-0.2, 0) is 9.53 Å². The van der Waals surface area contributed by atoms with Crippen LogP contribution in [0.1, 0.15) is 23.7 Å². The minimum atomic E-state index is -0.421. The highest BCUT2D eigenvalue weighted by Crippen LogP contribution is 2.18. The van der Waals surface area contributed by atoms with Crippen molar-refractivity contribution in [2.24, 2.45) is 0 Å². The van der Waals surface area contributed by atoms with Crippen molar-refractivity contribution in [3.05, 3.63) is 60.2 Å². The van der Waals surface area contributed by atoms with Gasteiger partial charge in [0.05, 0.1) is 17.9 Å². The second-order valence-corrected chi connectivity index (χ2v) is 6.73. The average molecular weight is 381 g/mol. The highest BCUT2D eigenvalue weighted by molar-refractivity contribution is 6.01. The second kappa shape index (κ2) is 9.90. The van der Waals surface area contributed by atoms with Crippen molar-refractivity contribution in [2.75, 3.05) is 49.5 Å². The monoisotopic (exact) mass is 381 g/mol. The molecule has 1 amide bonds. The Labute approximate surface area is 166 Å². The topological polar surface area (TPSA) is 61.9 Å². The third-order valence-electron chi connectivity index (χ3n) is 4.85. The van der Waals surface area contributed by atoms with Gasteiger partial charge in [-0.3, -0.25) is 9.69 Å². The zero-order valence-corrected chi connectivity index (χ0v) is 16.3. The Morgan fingerprint density at radius 1 is 0.964 bits per heavy atom. The summed E-state index contributed by atoms with van der Waals surface area (Å²) in [5.41, 5.74) is 2.13. The van der Waals surface area contributed by atoms with Crippen LogP contribution in [0.15, 0.2) is 54.6 Å². The fraction of sp³-hybridized carbons (Fsp3) is 0.364. The molecule has 0 aliphatic carbocycles. The van der Waals surface area contributed by atoms with Crippen LogP contribution < -0.4 is 10.2 Å². The minimum absolute atomic E-state index is 0.0952. The van der Waals surface area contributed by atoms with Crippen LogP contribution in [0, 0.1) is 0 Å². The van der Waals surface area contributed by atoms with Gasteiger partial charge in [-0.05, 0) is 31.2 Å². The van der Waals surface area contributed by atoms with Gasteiger partial charge in [0.25, 0.3) is 0 Å². The van der Waals surface area contributed by atoms with Crippen molar-refractivity contribution >= 4 is 23.3 Å². The molecule has 0 atom stereocenters. The summed E-state index contributed by atoms with van der Waals surface area (Å²) in [5, 5.41) is 2.85. The number of carbonyl (C=O) groups is 2. The van der Waals surface area contributed by atoms with Crippen LogP contribution in [0.2, 0.25) is 0 Å². The quantitative estimate of drug-likeness (QED) is 0.747. The standard InChI is InChI=1S/C22H27N3O3/c1-2-28-22(27)19-10-6-7-11-20(19)23-21(26)12-13-24-14-16-25(17-15-24)18-8-4-3-5-9-18/h3-11H,2,12-17H2,1H3,(H,23,26). The molecule has 148 valence electrons. The van der Waals surface area contributed by atoms with Gasteiger partial charge in [-0.25, -0.2) is 4.79 Å². The number of piperazine rings is 1. The summed E-state index contributed by atoms with van der Waals surface area (Å²) in [6.45, 7) is 6.54. The number of hydrogen-bond acceptors (Lipinski definition) is 5. The molecule has 6 nitrogen and oxygen atoms in total. The number of carbonyl (C=O) groups excluding carboxylic acids is 2. The Bertz CT molecular complexity index is 787. The van der Waals surface area contributed by atoms with Crippen molar-refractivity contribution in [1.29, 1.82) is 0 Å². The summed E-state index contributed by atoms with van der Waals surface area (Å²) < 4.78 is 5.05. The fourth-order valence-electron chi connectivity index (χ4n) is 3.32. The molecule has 1 aliphatic heterocycles. The normalized spacial score (nSPS) is 14.5. The Morgan fingerprint density at radius 2 is 1.64 bits per heavy atom. The van der Waals surface area contributed by atoms with E-state index in [1.54, 1.807) is 31.2 Å². The molecule has 28 heavy (non-hydrogen) atoms. The van der Waals surface area contributed by atoms with Gasteiger partial charge in [-0.2, -0.15) is 0 Å². The molecule has 3 rings (SSSR count). The van der Waals surface area contributed by atoms with E-state index >= 15 is 0 Å². The molecule has 0 radical (unpaired) electrons. The summed E-state index contributed by atoms with van der Waals surface area (Å²) in [5.74, 6) is -0.516. The number of rotatable bonds is 7. The number of amides is 1. The van der Waals surface area contributed by atoms with Gasteiger partial charge in [-0.15, -0.1) is 0 Å². The molecule has 1 fully saturated rings. The highest BCUT2D eigenvalue weighted by atomic mass is 16.5. The molecule has 6 heteroatoms. The lowest BCUT2D eigenvalue weighted by Gasteiger charge is -2.36. The van der Waals surface area contributed by atoms with E-state index in [1.807, 2.05) is 6.07 Å². The number of esters is 1. The maximum Gasteiger partial charge on any atom is 0.340 e. The van der Waals surface area contributed by atoms with Gasteiger partial charge >= 0.3 is 5.97 Å². The number of ether oxygens (including phenoxy) is 1. The van der Waals surface area contributed by atoms with E-state index in [2.05, 4.69) is 39.4 Å². The molecule has 0 bridgehead atoms. The molecule has 0 saturated carbocycles. The molecule has 2 aromatic carbocycles. The summed E-state index contributed by atoms with van der Waals surface area (Å²) >= 11 is 0. The van der Waals surface area contributed by atoms with E-state index in [1.165, 1.54) is 5.69 Å². The lowest BCUT2D eigenvalue weighted by atomic mass is 10.1. The first-order valence-corrected chi connectivity index (χ1v) is 9.75. The predicted octanol–water partition coefficient (Wildman–Crippen LogP) is 3.01. The third-order valence-corrected chi connectivity index (χ3v) is 4.85. The molecular weight excluding hydrogens is 354 g/mol. The number of nitrogens with one attached hydrogen (secondary N) is 1. The van der Waals surface area contributed by atoms with Crippen molar-refractivity contribution in [1.82, 2.24) is 4.90 Å². The Balaban J connectivity index is 1.46. The zero-order valence-electron chi connectivity index (χ0n) is 16.3. The van der Waals surface area contributed by atoms with Crippen LogP contribution in [0.4, 0.5) is 11.4 Å². The highest BCUT2D eigenvalue weighted by Gasteiger charge is 2.18. The van der Waals surface area contributed by atoms with Crippen LogP contribution in [0.5, 0.6) is 0 Å². The summed E-state index contributed by atoms with van der Waals surface area (Å²) in [4.78, 5) is 29.1. The first-order valence-electron chi connectivity index (χ1n) is 9.75. The molecule has 1 aliphatic rings. The Morgan fingerprint density at radius 3 is 2.36 bits per heavy atom. The molecule has 0 unspecified atom stereocenters. The van der Waals surface area contributed by atoms with Crippen LogP contribution >= 0.6 is 0 Å². The maximum absolute atomic E-state index is 12.4. The van der Waals surface area contributed by atoms with Crippen LogP contribution in [-0.4, -0.2) is 56.1 Å². The van der Waals surface area contributed by atoms with Crippen LogP contribution in [0.3, 0.4) is 0 Å². The number of para-hydroxylation sites is 2. The van der Waals surface area contributed by atoms with Gasteiger partial charge in [0, 0.05) is 44.8 Å². The molecule has 0 spiro atoms. The van der Waals surface area contributed by atoms with Crippen molar-refractivity contribution < 1.29 is 14.3 Å². The lowest BCUT2D eigenvalue weighted by molar-refractivity contribution is -0.116. The Hall–Kier alpha value is -2.86. The van der Waals surface area contributed by atoms with E-state index in [9.17, 15) is 9.59 Å². The molecule has 1 heterocycles. The van der Waals surface area contributed by atoms with Crippen molar-refractivity contribution in [3.8, 4) is 0 Å². The van der Waals surface area contributed by atoms with Crippen molar-refractivity contribution in [2.45, 2.75) is 13.3 Å².